The van der Waals surface area contributed by atoms with Gasteiger partial charge in [-0.25, -0.2) is 0 Å². The molecule has 0 spiro atoms. The van der Waals surface area contributed by atoms with Gasteiger partial charge in [-0.15, -0.1) is 0 Å². The van der Waals surface area contributed by atoms with Gasteiger partial charge in [-0.1, -0.05) is 31.4 Å². The lowest BCUT2D eigenvalue weighted by molar-refractivity contribution is 0.302. The van der Waals surface area contributed by atoms with Crippen molar-refractivity contribution < 1.29 is 4.42 Å². The molecule has 1 aliphatic rings. The monoisotopic (exact) mass is 293 g/mol. The zero-order chi connectivity index (χ0) is 11.9. The number of hydrogen-bond acceptors (Lipinski definition) is 2. The molecule has 2 nitrogen and oxygen atoms in total. The van der Waals surface area contributed by atoms with Crippen molar-refractivity contribution in [3.05, 3.63) is 34.5 Å². The number of furan rings is 1. The molecule has 2 N–H and O–H groups in total. The van der Waals surface area contributed by atoms with E-state index in [9.17, 15) is 0 Å². The summed E-state index contributed by atoms with van der Waals surface area (Å²) >= 11 is 3.51. The Hall–Kier alpha value is -0.800. The SMILES string of the molecule is NC1(c2cccc3c(Br)coc23)CCCCC1. The van der Waals surface area contributed by atoms with Crippen molar-refractivity contribution in [3.63, 3.8) is 0 Å². The summed E-state index contributed by atoms with van der Waals surface area (Å²) in [6.45, 7) is 0. The molecule has 3 heteroatoms. The van der Waals surface area contributed by atoms with Gasteiger partial charge in [-0.05, 0) is 34.8 Å². The minimum Gasteiger partial charge on any atom is -0.463 e. The fraction of sp³-hybridized carbons (Fsp3) is 0.429. The molecule has 90 valence electrons. The Morgan fingerprint density at radius 1 is 1.18 bits per heavy atom. The summed E-state index contributed by atoms with van der Waals surface area (Å²) in [4.78, 5) is 0. The quantitative estimate of drug-likeness (QED) is 0.851. The molecule has 1 fully saturated rings. The average molecular weight is 294 g/mol. The lowest BCUT2D eigenvalue weighted by Crippen LogP contribution is -2.38. The fourth-order valence-corrected chi connectivity index (χ4v) is 3.28. The molecule has 1 aliphatic carbocycles. The van der Waals surface area contributed by atoms with Crippen molar-refractivity contribution >= 4 is 26.9 Å². The predicted octanol–water partition coefficient (Wildman–Crippen LogP) is 4.31. The van der Waals surface area contributed by atoms with Crippen LogP contribution in [0.15, 0.2) is 33.4 Å². The van der Waals surface area contributed by atoms with Gasteiger partial charge in [-0.2, -0.15) is 0 Å². The van der Waals surface area contributed by atoms with Crippen LogP contribution in [-0.2, 0) is 5.54 Å². The van der Waals surface area contributed by atoms with Gasteiger partial charge in [0.25, 0.3) is 0 Å². The summed E-state index contributed by atoms with van der Waals surface area (Å²) < 4.78 is 6.68. The van der Waals surface area contributed by atoms with Crippen LogP contribution in [0.2, 0.25) is 0 Å². The fourth-order valence-electron chi connectivity index (χ4n) is 2.87. The molecule has 0 atom stereocenters. The summed E-state index contributed by atoms with van der Waals surface area (Å²) in [5.74, 6) is 0. The number of hydrogen-bond donors (Lipinski definition) is 1. The van der Waals surface area contributed by atoms with Gasteiger partial charge >= 0.3 is 0 Å². The first-order valence-electron chi connectivity index (χ1n) is 6.16. The van der Waals surface area contributed by atoms with Crippen molar-refractivity contribution in [2.24, 2.45) is 5.73 Å². The molecule has 0 unspecified atom stereocenters. The first kappa shape index (κ1) is 11.3. The van der Waals surface area contributed by atoms with E-state index in [1.54, 1.807) is 6.26 Å². The number of halogens is 1. The summed E-state index contributed by atoms with van der Waals surface area (Å²) in [7, 11) is 0. The molecule has 0 saturated heterocycles. The molecule has 1 aromatic heterocycles. The molecule has 1 heterocycles. The normalized spacial score (nSPS) is 19.6. The number of rotatable bonds is 1. The lowest BCUT2D eigenvalue weighted by Gasteiger charge is -2.33. The molecule has 3 rings (SSSR count). The average Bonchev–Trinajstić information content (AvgIpc) is 2.72. The molecule has 0 bridgehead atoms. The van der Waals surface area contributed by atoms with Crippen LogP contribution in [0.1, 0.15) is 37.7 Å². The van der Waals surface area contributed by atoms with Crippen LogP contribution in [-0.4, -0.2) is 0 Å². The highest BCUT2D eigenvalue weighted by atomic mass is 79.9. The van der Waals surface area contributed by atoms with Crippen LogP contribution in [0.4, 0.5) is 0 Å². The Morgan fingerprint density at radius 2 is 1.94 bits per heavy atom. The highest BCUT2D eigenvalue weighted by molar-refractivity contribution is 9.10. The zero-order valence-electron chi connectivity index (χ0n) is 9.71. The predicted molar refractivity (Wildman–Crippen MR) is 72.9 cm³/mol. The third kappa shape index (κ3) is 1.81. The van der Waals surface area contributed by atoms with E-state index in [2.05, 4.69) is 34.1 Å². The smallest absolute Gasteiger partial charge is 0.140 e. The maximum Gasteiger partial charge on any atom is 0.140 e. The second-order valence-corrected chi connectivity index (χ2v) is 5.84. The van der Waals surface area contributed by atoms with E-state index in [0.717, 1.165) is 28.3 Å². The summed E-state index contributed by atoms with van der Waals surface area (Å²) in [6, 6.07) is 6.25. The van der Waals surface area contributed by atoms with Crippen molar-refractivity contribution in [3.8, 4) is 0 Å². The van der Waals surface area contributed by atoms with Crippen LogP contribution in [0, 0.1) is 0 Å². The largest absolute Gasteiger partial charge is 0.463 e. The standard InChI is InChI=1S/C14H16BrNO/c15-12-9-17-13-10(12)5-4-6-11(13)14(16)7-2-1-3-8-14/h4-6,9H,1-3,7-8,16H2. The topological polar surface area (TPSA) is 39.2 Å². The number of para-hydroxylation sites is 1. The van der Waals surface area contributed by atoms with Gasteiger partial charge in [0.15, 0.2) is 0 Å². The lowest BCUT2D eigenvalue weighted by atomic mass is 9.77. The number of nitrogens with two attached hydrogens (primary N) is 1. The van der Waals surface area contributed by atoms with Gasteiger partial charge in [0.1, 0.15) is 11.8 Å². The van der Waals surface area contributed by atoms with E-state index in [1.165, 1.54) is 24.8 Å². The minimum absolute atomic E-state index is 0.199. The Labute approximate surface area is 109 Å². The Balaban J connectivity index is 2.16. The first-order valence-corrected chi connectivity index (χ1v) is 6.95. The van der Waals surface area contributed by atoms with Crippen LogP contribution in [0.5, 0.6) is 0 Å². The second-order valence-electron chi connectivity index (χ2n) is 4.98. The summed E-state index contributed by atoms with van der Waals surface area (Å²) in [6.07, 6.45) is 7.61. The summed E-state index contributed by atoms with van der Waals surface area (Å²) in [5, 5.41) is 1.12. The van der Waals surface area contributed by atoms with Crippen molar-refractivity contribution in [1.29, 1.82) is 0 Å². The van der Waals surface area contributed by atoms with Crippen LogP contribution in [0.3, 0.4) is 0 Å². The molecule has 17 heavy (non-hydrogen) atoms. The molecular formula is C14H16BrNO. The van der Waals surface area contributed by atoms with E-state index in [-0.39, 0.29) is 5.54 Å². The van der Waals surface area contributed by atoms with E-state index >= 15 is 0 Å². The van der Waals surface area contributed by atoms with Gasteiger partial charge in [0.2, 0.25) is 0 Å². The van der Waals surface area contributed by atoms with Crippen molar-refractivity contribution in [2.75, 3.05) is 0 Å². The van der Waals surface area contributed by atoms with Crippen LogP contribution < -0.4 is 5.73 Å². The molecule has 0 radical (unpaired) electrons. The molecule has 1 aromatic carbocycles. The van der Waals surface area contributed by atoms with Gasteiger partial charge < -0.3 is 10.2 Å². The minimum atomic E-state index is -0.199. The van der Waals surface area contributed by atoms with Crippen LogP contribution in [0.25, 0.3) is 11.0 Å². The van der Waals surface area contributed by atoms with Gasteiger partial charge in [0, 0.05) is 16.5 Å². The highest BCUT2D eigenvalue weighted by Gasteiger charge is 2.32. The number of benzene rings is 1. The maximum atomic E-state index is 6.58. The molecule has 0 aliphatic heterocycles. The Morgan fingerprint density at radius 3 is 2.71 bits per heavy atom. The second kappa shape index (κ2) is 4.14. The third-order valence-electron chi connectivity index (χ3n) is 3.83. The van der Waals surface area contributed by atoms with Gasteiger partial charge in [0.05, 0.1) is 4.47 Å². The number of fused-ring (bicyclic) bond motifs is 1. The molecular weight excluding hydrogens is 278 g/mol. The van der Waals surface area contributed by atoms with Crippen molar-refractivity contribution in [1.82, 2.24) is 0 Å². The molecule has 0 amide bonds. The maximum absolute atomic E-state index is 6.58. The van der Waals surface area contributed by atoms with Crippen LogP contribution >= 0.6 is 15.9 Å². The van der Waals surface area contributed by atoms with Gasteiger partial charge in [-0.3, -0.25) is 0 Å². The van der Waals surface area contributed by atoms with E-state index in [4.69, 9.17) is 10.2 Å². The van der Waals surface area contributed by atoms with Crippen molar-refractivity contribution in [2.45, 2.75) is 37.6 Å². The van der Waals surface area contributed by atoms with E-state index < -0.39 is 0 Å². The molecule has 2 aromatic rings. The first-order chi connectivity index (χ1) is 8.21. The zero-order valence-corrected chi connectivity index (χ0v) is 11.3. The van der Waals surface area contributed by atoms with E-state index in [1.807, 2.05) is 0 Å². The molecule has 1 saturated carbocycles. The third-order valence-corrected chi connectivity index (χ3v) is 4.45. The highest BCUT2D eigenvalue weighted by Crippen LogP contribution is 2.39. The Kier molecular flexibility index (Phi) is 2.75. The Bertz CT molecular complexity index is 540. The summed E-state index contributed by atoms with van der Waals surface area (Å²) in [5.41, 5.74) is 8.50. The van der Waals surface area contributed by atoms with E-state index in [0.29, 0.717) is 0 Å².